The number of aromatic nitrogens is 2. The van der Waals surface area contributed by atoms with Gasteiger partial charge in [-0.15, -0.1) is 0 Å². The lowest BCUT2D eigenvalue weighted by molar-refractivity contribution is 0.280. The van der Waals surface area contributed by atoms with E-state index in [1.165, 1.54) is 0 Å². The smallest absolute Gasteiger partial charge is 0.161 e. The molecule has 19 heavy (non-hydrogen) atoms. The van der Waals surface area contributed by atoms with Crippen LogP contribution in [0.5, 0.6) is 11.5 Å². The summed E-state index contributed by atoms with van der Waals surface area (Å²) in [6.07, 6.45) is 4.31. The van der Waals surface area contributed by atoms with Crippen LogP contribution in [-0.2, 0) is 6.54 Å². The number of rotatable bonds is 6. The average molecular weight is 261 g/mol. The lowest BCUT2D eigenvalue weighted by Gasteiger charge is -2.11. The second kappa shape index (κ2) is 6.13. The van der Waals surface area contributed by atoms with Crippen LogP contribution in [0.4, 0.5) is 5.69 Å². The Kier molecular flexibility index (Phi) is 4.28. The molecule has 5 nitrogen and oxygen atoms in total. The summed E-state index contributed by atoms with van der Waals surface area (Å²) in [6.45, 7) is 3.42. The van der Waals surface area contributed by atoms with Crippen molar-refractivity contribution < 1.29 is 9.47 Å². The highest BCUT2D eigenvalue weighted by Gasteiger charge is 2.04. The van der Waals surface area contributed by atoms with Crippen molar-refractivity contribution in [1.29, 1.82) is 0 Å². The molecule has 0 atom stereocenters. The maximum atomic E-state index is 5.71. The Balaban J connectivity index is 1.82. The zero-order valence-electron chi connectivity index (χ0n) is 11.3. The molecule has 0 aliphatic rings. The Bertz CT molecular complexity index is 537. The number of nitrogens with zero attached hydrogens (tertiary/aromatic N) is 2. The molecule has 2 N–H and O–H groups in total. The summed E-state index contributed by atoms with van der Waals surface area (Å²) in [5.41, 5.74) is 7.43. The van der Waals surface area contributed by atoms with E-state index in [-0.39, 0.29) is 0 Å². The van der Waals surface area contributed by atoms with Gasteiger partial charge >= 0.3 is 0 Å². The number of ether oxygens (including phenoxy) is 2. The SMILES string of the molecule is COc1cc(C)ccc1OCCCn1cc(N)cn1. The highest BCUT2D eigenvalue weighted by molar-refractivity contribution is 5.42. The molecule has 1 aromatic heterocycles. The van der Waals surface area contributed by atoms with Crippen molar-refractivity contribution >= 4 is 5.69 Å². The molecule has 2 aromatic rings. The first kappa shape index (κ1) is 13.3. The molecule has 0 saturated carbocycles. The fourth-order valence-electron chi connectivity index (χ4n) is 1.80. The van der Waals surface area contributed by atoms with Crippen LogP contribution in [0.3, 0.4) is 0 Å². The molecular weight excluding hydrogens is 242 g/mol. The van der Waals surface area contributed by atoms with Gasteiger partial charge in [-0.25, -0.2) is 0 Å². The fraction of sp³-hybridized carbons (Fsp3) is 0.357. The summed E-state index contributed by atoms with van der Waals surface area (Å²) in [5.74, 6) is 1.54. The molecule has 5 heteroatoms. The van der Waals surface area contributed by atoms with E-state index in [0.717, 1.165) is 30.0 Å². The highest BCUT2D eigenvalue weighted by Crippen LogP contribution is 2.27. The van der Waals surface area contributed by atoms with Gasteiger partial charge in [0.1, 0.15) is 0 Å². The van der Waals surface area contributed by atoms with Crippen LogP contribution in [0.15, 0.2) is 30.6 Å². The summed E-state index contributed by atoms with van der Waals surface area (Å²) in [6, 6.07) is 5.90. The van der Waals surface area contributed by atoms with Crippen LogP contribution in [0.25, 0.3) is 0 Å². The van der Waals surface area contributed by atoms with Crippen molar-refractivity contribution in [3.05, 3.63) is 36.2 Å². The number of aryl methyl sites for hydroxylation is 2. The zero-order valence-corrected chi connectivity index (χ0v) is 11.3. The number of methoxy groups -OCH3 is 1. The summed E-state index contributed by atoms with van der Waals surface area (Å²) < 4.78 is 12.8. The van der Waals surface area contributed by atoms with E-state index >= 15 is 0 Å². The van der Waals surface area contributed by atoms with Crippen LogP contribution < -0.4 is 15.2 Å². The van der Waals surface area contributed by atoms with Crippen LogP contribution in [0, 0.1) is 6.92 Å². The van der Waals surface area contributed by atoms with Gasteiger partial charge in [0.15, 0.2) is 11.5 Å². The molecule has 0 spiro atoms. The first-order valence-electron chi connectivity index (χ1n) is 6.24. The quantitative estimate of drug-likeness (QED) is 0.810. The van der Waals surface area contributed by atoms with Gasteiger partial charge in [0.25, 0.3) is 0 Å². The molecule has 1 aromatic carbocycles. The number of anilines is 1. The third kappa shape index (κ3) is 3.64. The number of hydrogen-bond acceptors (Lipinski definition) is 4. The summed E-state index contributed by atoms with van der Waals surface area (Å²) in [4.78, 5) is 0. The highest BCUT2D eigenvalue weighted by atomic mass is 16.5. The van der Waals surface area contributed by atoms with Crippen molar-refractivity contribution in [2.45, 2.75) is 19.9 Å². The Hall–Kier alpha value is -2.17. The van der Waals surface area contributed by atoms with Gasteiger partial charge in [-0.3, -0.25) is 4.68 Å². The largest absolute Gasteiger partial charge is 0.493 e. The monoisotopic (exact) mass is 261 g/mol. The van der Waals surface area contributed by atoms with Gasteiger partial charge in [0.2, 0.25) is 0 Å². The molecule has 0 saturated heterocycles. The Morgan fingerprint density at radius 1 is 1.32 bits per heavy atom. The zero-order chi connectivity index (χ0) is 13.7. The fourth-order valence-corrected chi connectivity index (χ4v) is 1.80. The topological polar surface area (TPSA) is 62.3 Å². The molecular formula is C14H19N3O2. The third-order valence-corrected chi connectivity index (χ3v) is 2.76. The minimum atomic E-state index is 0.610. The first-order valence-corrected chi connectivity index (χ1v) is 6.24. The predicted octanol–water partition coefficient (Wildman–Crippen LogP) is 2.25. The molecule has 0 unspecified atom stereocenters. The van der Waals surface area contributed by atoms with Crippen molar-refractivity contribution in [3.8, 4) is 11.5 Å². The number of nitrogens with two attached hydrogens (primary N) is 1. The van der Waals surface area contributed by atoms with E-state index in [2.05, 4.69) is 5.10 Å². The Morgan fingerprint density at radius 2 is 2.16 bits per heavy atom. The van der Waals surface area contributed by atoms with Crippen molar-refractivity contribution in [2.75, 3.05) is 19.5 Å². The molecule has 2 rings (SSSR count). The molecule has 0 aliphatic heterocycles. The second-order valence-corrected chi connectivity index (χ2v) is 4.39. The van der Waals surface area contributed by atoms with E-state index < -0.39 is 0 Å². The molecule has 1 heterocycles. The summed E-state index contributed by atoms with van der Waals surface area (Å²) >= 11 is 0. The van der Waals surface area contributed by atoms with Crippen LogP contribution in [0.1, 0.15) is 12.0 Å². The van der Waals surface area contributed by atoms with Gasteiger partial charge in [0, 0.05) is 19.2 Å². The normalized spacial score (nSPS) is 10.4. The number of nitrogen functional groups attached to an aromatic ring is 1. The molecule has 0 aliphatic carbocycles. The van der Waals surface area contributed by atoms with Crippen molar-refractivity contribution in [1.82, 2.24) is 9.78 Å². The molecule has 0 radical (unpaired) electrons. The average Bonchev–Trinajstić information content (AvgIpc) is 2.81. The van der Waals surface area contributed by atoms with Crippen LogP contribution >= 0.6 is 0 Å². The molecule has 102 valence electrons. The predicted molar refractivity (Wildman–Crippen MR) is 74.5 cm³/mol. The van der Waals surface area contributed by atoms with E-state index in [1.54, 1.807) is 13.3 Å². The lowest BCUT2D eigenvalue weighted by atomic mass is 10.2. The number of benzene rings is 1. The van der Waals surface area contributed by atoms with Gasteiger partial charge in [-0.1, -0.05) is 6.07 Å². The first-order chi connectivity index (χ1) is 9.19. The Morgan fingerprint density at radius 3 is 2.84 bits per heavy atom. The van der Waals surface area contributed by atoms with Crippen molar-refractivity contribution in [3.63, 3.8) is 0 Å². The lowest BCUT2D eigenvalue weighted by Crippen LogP contribution is -2.05. The number of hydrogen-bond donors (Lipinski definition) is 1. The minimum Gasteiger partial charge on any atom is -0.493 e. The third-order valence-electron chi connectivity index (χ3n) is 2.76. The van der Waals surface area contributed by atoms with Gasteiger partial charge in [-0.2, -0.15) is 5.10 Å². The Labute approximate surface area is 112 Å². The summed E-state index contributed by atoms with van der Waals surface area (Å²) in [5, 5.41) is 4.12. The molecule has 0 bridgehead atoms. The van der Waals surface area contributed by atoms with E-state index in [4.69, 9.17) is 15.2 Å². The van der Waals surface area contributed by atoms with Gasteiger partial charge in [-0.05, 0) is 24.6 Å². The van der Waals surface area contributed by atoms with Crippen LogP contribution in [-0.4, -0.2) is 23.5 Å². The van der Waals surface area contributed by atoms with Crippen molar-refractivity contribution in [2.24, 2.45) is 0 Å². The van der Waals surface area contributed by atoms with Gasteiger partial charge in [0.05, 0.1) is 25.6 Å². The minimum absolute atomic E-state index is 0.610. The molecule has 0 fully saturated rings. The van der Waals surface area contributed by atoms with E-state index in [9.17, 15) is 0 Å². The second-order valence-electron chi connectivity index (χ2n) is 4.39. The van der Waals surface area contributed by atoms with Crippen LogP contribution in [0.2, 0.25) is 0 Å². The standard InChI is InChI=1S/C14H19N3O2/c1-11-4-5-13(14(8-11)18-2)19-7-3-6-17-10-12(15)9-16-17/h4-5,8-10H,3,6-7,15H2,1-2H3. The molecule has 0 amide bonds. The van der Waals surface area contributed by atoms with E-state index in [0.29, 0.717) is 12.3 Å². The summed E-state index contributed by atoms with van der Waals surface area (Å²) in [7, 11) is 1.65. The van der Waals surface area contributed by atoms with E-state index in [1.807, 2.05) is 36.0 Å². The van der Waals surface area contributed by atoms with Gasteiger partial charge < -0.3 is 15.2 Å². The maximum Gasteiger partial charge on any atom is 0.161 e. The maximum absolute atomic E-state index is 5.71.